The van der Waals surface area contributed by atoms with Crippen LogP contribution in [0.25, 0.3) is 0 Å². The van der Waals surface area contributed by atoms with E-state index in [1.807, 2.05) is 12.1 Å². The first-order chi connectivity index (χ1) is 8.58. The van der Waals surface area contributed by atoms with E-state index in [1.165, 1.54) is 0 Å². The summed E-state index contributed by atoms with van der Waals surface area (Å²) in [7, 11) is 0. The Bertz CT molecular complexity index is 421. The molecule has 1 unspecified atom stereocenters. The minimum absolute atomic E-state index is 0.0394. The number of fused-ring (bicyclic) bond motifs is 1. The fourth-order valence-corrected chi connectivity index (χ4v) is 2.65. The van der Waals surface area contributed by atoms with Crippen molar-refractivity contribution in [1.29, 1.82) is 0 Å². The van der Waals surface area contributed by atoms with Crippen molar-refractivity contribution < 1.29 is 9.47 Å². The fraction of sp³-hybridized carbons (Fsp3) is 0.571. The smallest absolute Gasteiger partial charge is 0.162 e. The zero-order valence-electron chi connectivity index (χ0n) is 10.9. The van der Waals surface area contributed by atoms with Gasteiger partial charge < -0.3 is 15.2 Å². The Morgan fingerprint density at radius 2 is 1.78 bits per heavy atom. The van der Waals surface area contributed by atoms with E-state index < -0.39 is 0 Å². The standard InChI is InChI=1S/C14H20BrNO2/c1-9(2)3-4-12(16)10-7-13-14(8-11(10)15)18-6-5-17-13/h7-9,12H,3-6,16H2,1-2H3. The summed E-state index contributed by atoms with van der Waals surface area (Å²) in [5.74, 6) is 2.28. The van der Waals surface area contributed by atoms with E-state index in [9.17, 15) is 0 Å². The molecule has 1 aromatic carbocycles. The van der Waals surface area contributed by atoms with Crippen molar-refractivity contribution in [3.63, 3.8) is 0 Å². The Morgan fingerprint density at radius 3 is 2.39 bits per heavy atom. The molecule has 100 valence electrons. The molecule has 0 saturated carbocycles. The molecule has 1 atom stereocenters. The molecular weight excluding hydrogens is 294 g/mol. The first kappa shape index (κ1) is 13.7. The van der Waals surface area contributed by atoms with Crippen molar-refractivity contribution >= 4 is 15.9 Å². The number of ether oxygens (including phenoxy) is 2. The maximum Gasteiger partial charge on any atom is 0.162 e. The van der Waals surface area contributed by atoms with Crippen LogP contribution in [-0.2, 0) is 0 Å². The van der Waals surface area contributed by atoms with Crippen molar-refractivity contribution in [2.75, 3.05) is 13.2 Å². The molecule has 0 radical (unpaired) electrons. The molecule has 0 fully saturated rings. The third kappa shape index (κ3) is 3.18. The highest BCUT2D eigenvalue weighted by Crippen LogP contribution is 2.38. The van der Waals surface area contributed by atoms with Crippen LogP contribution in [0.3, 0.4) is 0 Å². The molecule has 0 amide bonds. The first-order valence-corrected chi connectivity index (χ1v) is 7.22. The fourth-order valence-electron chi connectivity index (χ4n) is 2.03. The third-order valence-corrected chi connectivity index (χ3v) is 3.80. The molecule has 0 aliphatic carbocycles. The van der Waals surface area contributed by atoms with Gasteiger partial charge in [0.1, 0.15) is 13.2 Å². The summed E-state index contributed by atoms with van der Waals surface area (Å²) in [4.78, 5) is 0. The molecule has 4 heteroatoms. The van der Waals surface area contributed by atoms with Crippen molar-refractivity contribution in [3.8, 4) is 11.5 Å². The van der Waals surface area contributed by atoms with Crippen LogP contribution in [0.5, 0.6) is 11.5 Å². The Kier molecular flexibility index (Phi) is 4.51. The monoisotopic (exact) mass is 313 g/mol. The molecule has 2 rings (SSSR count). The van der Waals surface area contributed by atoms with E-state index in [1.54, 1.807) is 0 Å². The summed E-state index contributed by atoms with van der Waals surface area (Å²) < 4.78 is 12.1. The molecular formula is C14H20BrNO2. The second-order valence-electron chi connectivity index (χ2n) is 5.10. The molecule has 1 aromatic rings. The molecule has 1 aliphatic heterocycles. The summed E-state index contributed by atoms with van der Waals surface area (Å²) in [6, 6.07) is 4.00. The van der Waals surface area contributed by atoms with Crippen LogP contribution in [0, 0.1) is 5.92 Å². The summed E-state index contributed by atoms with van der Waals surface area (Å²) in [6.07, 6.45) is 2.11. The van der Waals surface area contributed by atoms with Crippen molar-refractivity contribution in [2.24, 2.45) is 11.7 Å². The SMILES string of the molecule is CC(C)CCC(N)c1cc2c(cc1Br)OCCO2. The van der Waals surface area contributed by atoms with Gasteiger partial charge in [0.05, 0.1) is 0 Å². The van der Waals surface area contributed by atoms with Crippen LogP contribution in [0.2, 0.25) is 0 Å². The summed E-state index contributed by atoms with van der Waals surface area (Å²) in [6.45, 7) is 5.64. The molecule has 0 spiro atoms. The Hall–Kier alpha value is -0.740. The van der Waals surface area contributed by atoms with Crippen molar-refractivity contribution in [2.45, 2.75) is 32.7 Å². The van der Waals surface area contributed by atoms with E-state index in [0.29, 0.717) is 19.1 Å². The van der Waals surface area contributed by atoms with Gasteiger partial charge in [-0.2, -0.15) is 0 Å². The number of hydrogen-bond acceptors (Lipinski definition) is 3. The minimum atomic E-state index is 0.0394. The van der Waals surface area contributed by atoms with Gasteiger partial charge in [-0.25, -0.2) is 0 Å². The first-order valence-electron chi connectivity index (χ1n) is 6.42. The van der Waals surface area contributed by atoms with E-state index in [4.69, 9.17) is 15.2 Å². The van der Waals surface area contributed by atoms with Crippen LogP contribution < -0.4 is 15.2 Å². The highest BCUT2D eigenvalue weighted by molar-refractivity contribution is 9.10. The van der Waals surface area contributed by atoms with Crippen LogP contribution in [0.1, 0.15) is 38.3 Å². The highest BCUT2D eigenvalue weighted by atomic mass is 79.9. The predicted octanol–water partition coefficient (Wildman–Crippen LogP) is 3.66. The molecule has 2 N–H and O–H groups in total. The van der Waals surface area contributed by atoms with Gasteiger partial charge in [-0.3, -0.25) is 0 Å². The molecule has 0 aromatic heterocycles. The Morgan fingerprint density at radius 1 is 1.17 bits per heavy atom. The molecule has 0 saturated heterocycles. The Balaban J connectivity index is 2.17. The summed E-state index contributed by atoms with van der Waals surface area (Å²) >= 11 is 3.57. The molecule has 1 heterocycles. The lowest BCUT2D eigenvalue weighted by molar-refractivity contribution is 0.171. The van der Waals surface area contributed by atoms with Crippen molar-refractivity contribution in [1.82, 2.24) is 0 Å². The number of hydrogen-bond donors (Lipinski definition) is 1. The second-order valence-corrected chi connectivity index (χ2v) is 5.95. The number of rotatable bonds is 4. The second kappa shape index (κ2) is 5.93. The summed E-state index contributed by atoms with van der Waals surface area (Å²) in [5.41, 5.74) is 7.35. The topological polar surface area (TPSA) is 44.5 Å². The van der Waals surface area contributed by atoms with Gasteiger partial charge in [-0.1, -0.05) is 29.8 Å². The zero-order chi connectivity index (χ0) is 13.1. The quantitative estimate of drug-likeness (QED) is 0.922. The van der Waals surface area contributed by atoms with E-state index >= 15 is 0 Å². The van der Waals surface area contributed by atoms with Crippen molar-refractivity contribution in [3.05, 3.63) is 22.2 Å². The van der Waals surface area contributed by atoms with Crippen LogP contribution >= 0.6 is 15.9 Å². The van der Waals surface area contributed by atoms with Gasteiger partial charge in [0.15, 0.2) is 11.5 Å². The largest absolute Gasteiger partial charge is 0.486 e. The van der Waals surface area contributed by atoms with Crippen LogP contribution in [0.4, 0.5) is 0 Å². The van der Waals surface area contributed by atoms with Crippen LogP contribution in [0.15, 0.2) is 16.6 Å². The highest BCUT2D eigenvalue weighted by Gasteiger charge is 2.18. The average Bonchev–Trinajstić information content (AvgIpc) is 2.35. The van der Waals surface area contributed by atoms with Gasteiger partial charge in [-0.15, -0.1) is 0 Å². The van der Waals surface area contributed by atoms with E-state index in [2.05, 4.69) is 29.8 Å². The lowest BCUT2D eigenvalue weighted by Crippen LogP contribution is -2.17. The minimum Gasteiger partial charge on any atom is -0.486 e. The number of halogens is 1. The van der Waals surface area contributed by atoms with E-state index in [-0.39, 0.29) is 6.04 Å². The predicted molar refractivity (Wildman–Crippen MR) is 76.1 cm³/mol. The molecule has 18 heavy (non-hydrogen) atoms. The molecule has 1 aliphatic rings. The van der Waals surface area contributed by atoms with Gasteiger partial charge in [0.25, 0.3) is 0 Å². The normalized spacial score (nSPS) is 15.8. The van der Waals surface area contributed by atoms with E-state index in [0.717, 1.165) is 34.4 Å². The van der Waals surface area contributed by atoms with Gasteiger partial charge in [-0.05, 0) is 36.5 Å². The maximum absolute atomic E-state index is 6.25. The molecule has 3 nitrogen and oxygen atoms in total. The van der Waals surface area contributed by atoms with Gasteiger partial charge in [0.2, 0.25) is 0 Å². The third-order valence-electron chi connectivity index (χ3n) is 3.12. The lowest BCUT2D eigenvalue weighted by atomic mass is 9.98. The maximum atomic E-state index is 6.25. The van der Waals surface area contributed by atoms with Gasteiger partial charge in [0, 0.05) is 10.5 Å². The Labute approximate surface area is 117 Å². The molecule has 0 bridgehead atoms. The number of nitrogens with two attached hydrogens (primary N) is 1. The average molecular weight is 314 g/mol. The zero-order valence-corrected chi connectivity index (χ0v) is 12.5. The van der Waals surface area contributed by atoms with Crippen LogP contribution in [-0.4, -0.2) is 13.2 Å². The number of benzene rings is 1. The summed E-state index contributed by atoms with van der Waals surface area (Å²) in [5, 5.41) is 0. The van der Waals surface area contributed by atoms with Gasteiger partial charge >= 0.3 is 0 Å². The lowest BCUT2D eigenvalue weighted by Gasteiger charge is -2.22.